The van der Waals surface area contributed by atoms with Crippen LogP contribution >= 0.6 is 0 Å². The molecule has 0 radical (unpaired) electrons. The van der Waals surface area contributed by atoms with Gasteiger partial charge in [-0.15, -0.1) is 0 Å². The fraction of sp³-hybridized carbons (Fsp3) is 0.235. The molecule has 0 saturated carbocycles. The van der Waals surface area contributed by atoms with Crippen LogP contribution in [0.25, 0.3) is 0 Å². The summed E-state index contributed by atoms with van der Waals surface area (Å²) >= 11 is 0. The fourth-order valence-corrected chi connectivity index (χ4v) is 2.60. The van der Waals surface area contributed by atoms with Crippen LogP contribution in [0.15, 0.2) is 48.5 Å². The summed E-state index contributed by atoms with van der Waals surface area (Å²) < 4.78 is 5.93. The summed E-state index contributed by atoms with van der Waals surface area (Å²) in [5.74, 6) is 0.688. The van der Waals surface area contributed by atoms with Crippen molar-refractivity contribution >= 4 is 11.6 Å². The quantitative estimate of drug-likeness (QED) is 0.941. The van der Waals surface area contributed by atoms with Crippen LogP contribution in [0.1, 0.15) is 24.2 Å². The summed E-state index contributed by atoms with van der Waals surface area (Å²) in [4.78, 5) is 14.4. The zero-order valence-electron chi connectivity index (χ0n) is 12.0. The first-order valence-electron chi connectivity index (χ1n) is 7.10. The molecule has 0 fully saturated rings. The van der Waals surface area contributed by atoms with E-state index in [-0.39, 0.29) is 5.91 Å². The number of nitrogens with zero attached hydrogens (tertiary/aromatic N) is 1. The second-order valence-electron chi connectivity index (χ2n) is 5.00. The number of rotatable bonds is 3. The van der Waals surface area contributed by atoms with E-state index >= 15 is 0 Å². The molecule has 0 aromatic heterocycles. The van der Waals surface area contributed by atoms with Gasteiger partial charge in [0.05, 0.1) is 5.69 Å². The Morgan fingerprint density at radius 3 is 2.62 bits per heavy atom. The Labute approximate surface area is 124 Å². The van der Waals surface area contributed by atoms with Gasteiger partial charge in [-0.3, -0.25) is 4.79 Å². The monoisotopic (exact) mass is 282 g/mol. The van der Waals surface area contributed by atoms with E-state index < -0.39 is 6.10 Å². The molecule has 1 amide bonds. The van der Waals surface area contributed by atoms with Crippen LogP contribution in [0.4, 0.5) is 5.69 Å². The summed E-state index contributed by atoms with van der Waals surface area (Å²) in [6.45, 7) is 3.01. The number of nitrogens with two attached hydrogens (primary N) is 1. The Balaban J connectivity index is 2.04. The van der Waals surface area contributed by atoms with Gasteiger partial charge in [-0.25, -0.2) is 0 Å². The van der Waals surface area contributed by atoms with Crippen LogP contribution in [0.2, 0.25) is 0 Å². The van der Waals surface area contributed by atoms with Crippen molar-refractivity contribution in [2.75, 3.05) is 11.4 Å². The minimum Gasteiger partial charge on any atom is -0.474 e. The predicted octanol–water partition coefficient (Wildman–Crippen LogP) is 2.63. The standard InChI is InChI=1S/C17H18N2O2/c1-2-19-14-10-12(11-18)8-9-15(14)21-16(17(19)20)13-6-4-3-5-7-13/h3-10,16H,2,11,18H2,1H3. The van der Waals surface area contributed by atoms with Crippen molar-refractivity contribution in [2.45, 2.75) is 19.6 Å². The maximum absolute atomic E-state index is 12.7. The number of fused-ring (bicyclic) bond motifs is 1. The Bertz CT molecular complexity index is 655. The van der Waals surface area contributed by atoms with E-state index in [0.717, 1.165) is 22.6 Å². The SMILES string of the molecule is CCN1C(=O)C(c2ccccc2)Oc2ccc(CN)cc21. The minimum atomic E-state index is -0.581. The molecule has 1 atom stereocenters. The number of hydrogen-bond acceptors (Lipinski definition) is 3. The molecular formula is C17H18N2O2. The smallest absolute Gasteiger partial charge is 0.272 e. The zero-order chi connectivity index (χ0) is 14.8. The van der Waals surface area contributed by atoms with Gasteiger partial charge in [-0.2, -0.15) is 0 Å². The number of likely N-dealkylation sites (N-methyl/N-ethyl adjacent to an activating group) is 1. The van der Waals surface area contributed by atoms with Gasteiger partial charge in [0.25, 0.3) is 5.91 Å². The van der Waals surface area contributed by atoms with E-state index in [1.165, 1.54) is 0 Å². The minimum absolute atomic E-state index is 0.0367. The number of hydrogen-bond donors (Lipinski definition) is 1. The lowest BCUT2D eigenvalue weighted by Gasteiger charge is -2.34. The lowest BCUT2D eigenvalue weighted by molar-refractivity contribution is -0.126. The largest absolute Gasteiger partial charge is 0.474 e. The molecule has 1 unspecified atom stereocenters. The average molecular weight is 282 g/mol. The van der Waals surface area contributed by atoms with E-state index in [0.29, 0.717) is 13.1 Å². The lowest BCUT2D eigenvalue weighted by Crippen LogP contribution is -2.41. The van der Waals surface area contributed by atoms with Crippen molar-refractivity contribution in [2.24, 2.45) is 5.73 Å². The number of benzene rings is 2. The van der Waals surface area contributed by atoms with Crippen LogP contribution in [-0.4, -0.2) is 12.5 Å². The first-order valence-corrected chi connectivity index (χ1v) is 7.10. The predicted molar refractivity (Wildman–Crippen MR) is 82.2 cm³/mol. The van der Waals surface area contributed by atoms with Gasteiger partial charge in [-0.1, -0.05) is 36.4 Å². The highest BCUT2D eigenvalue weighted by molar-refractivity contribution is 6.00. The molecular weight excluding hydrogens is 264 g/mol. The molecule has 0 bridgehead atoms. The van der Waals surface area contributed by atoms with Crippen LogP contribution in [-0.2, 0) is 11.3 Å². The summed E-state index contributed by atoms with van der Waals surface area (Å²) in [6.07, 6.45) is -0.581. The van der Waals surface area contributed by atoms with Gasteiger partial charge in [0, 0.05) is 18.7 Å². The molecule has 2 aromatic carbocycles. The topological polar surface area (TPSA) is 55.6 Å². The number of ether oxygens (including phenoxy) is 1. The van der Waals surface area contributed by atoms with Crippen LogP contribution in [0, 0.1) is 0 Å². The molecule has 3 rings (SSSR count). The Hall–Kier alpha value is -2.33. The third-order valence-electron chi connectivity index (χ3n) is 3.70. The summed E-state index contributed by atoms with van der Waals surface area (Å²) in [6, 6.07) is 15.3. The van der Waals surface area contributed by atoms with E-state index in [1.54, 1.807) is 4.90 Å². The van der Waals surface area contributed by atoms with Gasteiger partial charge in [0.15, 0.2) is 0 Å². The Morgan fingerprint density at radius 1 is 1.19 bits per heavy atom. The molecule has 2 N–H and O–H groups in total. The van der Waals surface area contributed by atoms with E-state index in [2.05, 4.69) is 0 Å². The molecule has 2 aromatic rings. The highest BCUT2D eigenvalue weighted by atomic mass is 16.5. The molecule has 1 aliphatic rings. The highest BCUT2D eigenvalue weighted by Gasteiger charge is 2.34. The maximum Gasteiger partial charge on any atom is 0.272 e. The number of carbonyl (C=O) groups excluding carboxylic acids is 1. The lowest BCUT2D eigenvalue weighted by atomic mass is 10.0. The number of anilines is 1. The highest BCUT2D eigenvalue weighted by Crippen LogP contribution is 2.39. The molecule has 0 spiro atoms. The summed E-state index contributed by atoms with van der Waals surface area (Å²) in [7, 11) is 0. The van der Waals surface area contributed by atoms with Crippen molar-refractivity contribution in [3.05, 3.63) is 59.7 Å². The number of carbonyl (C=O) groups is 1. The fourth-order valence-electron chi connectivity index (χ4n) is 2.60. The van der Waals surface area contributed by atoms with Gasteiger partial charge < -0.3 is 15.4 Å². The molecule has 1 heterocycles. The van der Waals surface area contributed by atoms with Gasteiger partial charge in [0.1, 0.15) is 5.75 Å². The van der Waals surface area contributed by atoms with Crippen molar-refractivity contribution in [3.8, 4) is 5.75 Å². The third-order valence-corrected chi connectivity index (χ3v) is 3.70. The number of amides is 1. The van der Waals surface area contributed by atoms with Gasteiger partial charge in [0.2, 0.25) is 6.10 Å². The first-order chi connectivity index (χ1) is 10.2. The second-order valence-corrected chi connectivity index (χ2v) is 5.00. The average Bonchev–Trinajstić information content (AvgIpc) is 2.54. The van der Waals surface area contributed by atoms with Crippen LogP contribution < -0.4 is 15.4 Å². The van der Waals surface area contributed by atoms with Crippen molar-refractivity contribution < 1.29 is 9.53 Å². The third kappa shape index (κ3) is 2.38. The first kappa shape index (κ1) is 13.6. The molecule has 1 aliphatic heterocycles. The van der Waals surface area contributed by atoms with Crippen molar-refractivity contribution in [1.29, 1.82) is 0 Å². The molecule has 21 heavy (non-hydrogen) atoms. The maximum atomic E-state index is 12.7. The molecule has 4 heteroatoms. The zero-order valence-corrected chi connectivity index (χ0v) is 12.0. The van der Waals surface area contributed by atoms with E-state index in [9.17, 15) is 4.79 Å². The Kier molecular flexibility index (Phi) is 3.62. The molecule has 0 aliphatic carbocycles. The van der Waals surface area contributed by atoms with E-state index in [1.807, 2.05) is 55.5 Å². The summed E-state index contributed by atoms with van der Waals surface area (Å²) in [5.41, 5.74) is 8.34. The van der Waals surface area contributed by atoms with Crippen molar-refractivity contribution in [1.82, 2.24) is 0 Å². The van der Waals surface area contributed by atoms with E-state index in [4.69, 9.17) is 10.5 Å². The molecule has 0 saturated heterocycles. The van der Waals surface area contributed by atoms with Gasteiger partial charge in [-0.05, 0) is 24.6 Å². The molecule has 108 valence electrons. The van der Waals surface area contributed by atoms with Crippen molar-refractivity contribution in [3.63, 3.8) is 0 Å². The summed E-state index contributed by atoms with van der Waals surface area (Å²) in [5, 5.41) is 0. The van der Waals surface area contributed by atoms with Crippen LogP contribution in [0.3, 0.4) is 0 Å². The Morgan fingerprint density at radius 2 is 1.95 bits per heavy atom. The second kappa shape index (κ2) is 5.58. The molecule has 4 nitrogen and oxygen atoms in total. The van der Waals surface area contributed by atoms with Crippen LogP contribution in [0.5, 0.6) is 5.75 Å². The normalized spacial score (nSPS) is 17.3. The van der Waals surface area contributed by atoms with Gasteiger partial charge >= 0.3 is 0 Å².